The van der Waals surface area contributed by atoms with Gasteiger partial charge in [0.1, 0.15) is 11.8 Å². The highest BCUT2D eigenvalue weighted by molar-refractivity contribution is 7.07. The number of esters is 1. The molecular weight excluding hydrogens is 492 g/mol. The Balaban J connectivity index is 2.01. The van der Waals surface area contributed by atoms with Crippen molar-refractivity contribution in [3.05, 3.63) is 84.0 Å². The zero-order valence-corrected chi connectivity index (χ0v) is 22.6. The summed E-state index contributed by atoms with van der Waals surface area (Å²) in [5.41, 5.74) is 2.99. The van der Waals surface area contributed by atoms with Crippen molar-refractivity contribution in [2.45, 2.75) is 33.7 Å². The molecule has 1 aromatic heterocycles. The summed E-state index contributed by atoms with van der Waals surface area (Å²) in [7, 11) is 3.17. The average Bonchev–Trinajstić information content (AvgIpc) is 3.19. The summed E-state index contributed by atoms with van der Waals surface area (Å²) in [5.74, 6) is 1.19. The van der Waals surface area contributed by atoms with Gasteiger partial charge in [0.05, 0.1) is 43.2 Å². The van der Waals surface area contributed by atoms with Crippen LogP contribution in [0.1, 0.15) is 43.5 Å². The maximum absolute atomic E-state index is 13.9. The van der Waals surface area contributed by atoms with E-state index in [1.807, 2.05) is 50.3 Å². The molecule has 1 atom stereocenters. The monoisotopic (exact) mass is 522 g/mol. The second-order valence-electron chi connectivity index (χ2n) is 8.34. The van der Waals surface area contributed by atoms with E-state index < -0.39 is 12.0 Å². The Bertz CT molecular complexity index is 1550. The van der Waals surface area contributed by atoms with Crippen LogP contribution in [0.2, 0.25) is 0 Å². The number of allylic oxidation sites excluding steroid dienone is 1. The number of carbonyl (C=O) groups excluding carboxylic acids is 1. The Morgan fingerprint density at radius 3 is 2.54 bits per heavy atom. The second kappa shape index (κ2) is 11.0. The zero-order chi connectivity index (χ0) is 26.7. The maximum atomic E-state index is 13.9. The van der Waals surface area contributed by atoms with Crippen LogP contribution in [0.3, 0.4) is 0 Å². The molecule has 0 saturated carbocycles. The first-order valence-corrected chi connectivity index (χ1v) is 12.8. The van der Waals surface area contributed by atoms with Crippen molar-refractivity contribution in [3.8, 4) is 17.2 Å². The molecule has 2 heterocycles. The van der Waals surface area contributed by atoms with Crippen LogP contribution in [0, 0.1) is 6.92 Å². The normalized spacial score (nSPS) is 15.2. The predicted molar refractivity (Wildman–Crippen MR) is 142 cm³/mol. The first kappa shape index (κ1) is 26.2. The number of thiazole rings is 1. The molecular formula is C28H30N2O6S. The van der Waals surface area contributed by atoms with Gasteiger partial charge in [0.15, 0.2) is 16.3 Å². The third-order valence-corrected chi connectivity index (χ3v) is 7.08. The van der Waals surface area contributed by atoms with E-state index in [0.717, 1.165) is 16.9 Å². The molecule has 194 valence electrons. The summed E-state index contributed by atoms with van der Waals surface area (Å²) in [6.45, 7) is 7.90. The zero-order valence-electron chi connectivity index (χ0n) is 21.8. The van der Waals surface area contributed by atoms with Crippen LogP contribution in [-0.2, 0) is 9.53 Å². The molecule has 4 rings (SSSR count). The molecule has 0 N–H and O–H groups in total. The average molecular weight is 523 g/mol. The van der Waals surface area contributed by atoms with E-state index in [2.05, 4.69) is 4.99 Å². The number of hydrogen-bond acceptors (Lipinski definition) is 8. The smallest absolute Gasteiger partial charge is 0.338 e. The van der Waals surface area contributed by atoms with E-state index >= 15 is 0 Å². The standard InChI is InChI=1S/C28H30N2O6S/c1-7-35-25-20(10-9-11-21(25)34-6)24-23(27(32)36-8-2)17(4)29-28-30(24)26(31)22(37-28)15-18-12-13-19(33-5)14-16(18)3/h9-15,24H,7-8H2,1-6H3/b22-15+. The molecule has 0 bridgehead atoms. The summed E-state index contributed by atoms with van der Waals surface area (Å²) in [5, 5.41) is 0. The van der Waals surface area contributed by atoms with Crippen molar-refractivity contribution in [3.63, 3.8) is 0 Å². The van der Waals surface area contributed by atoms with Gasteiger partial charge in [-0.2, -0.15) is 0 Å². The number of hydrogen-bond donors (Lipinski definition) is 0. The van der Waals surface area contributed by atoms with Gasteiger partial charge in [-0.1, -0.05) is 29.5 Å². The first-order chi connectivity index (χ1) is 17.8. The minimum atomic E-state index is -0.800. The highest BCUT2D eigenvalue weighted by Gasteiger charge is 2.35. The molecule has 0 spiro atoms. The molecule has 0 fully saturated rings. The van der Waals surface area contributed by atoms with Gasteiger partial charge in [-0.15, -0.1) is 0 Å². The lowest BCUT2D eigenvalue weighted by Crippen LogP contribution is -2.40. The van der Waals surface area contributed by atoms with Crippen molar-refractivity contribution in [1.29, 1.82) is 0 Å². The summed E-state index contributed by atoms with van der Waals surface area (Å²) < 4.78 is 24.3. The molecule has 3 aromatic rings. The van der Waals surface area contributed by atoms with Gasteiger partial charge in [-0.05, 0) is 63.1 Å². The van der Waals surface area contributed by atoms with E-state index in [4.69, 9.17) is 18.9 Å². The number of carbonyl (C=O) groups is 1. The summed E-state index contributed by atoms with van der Waals surface area (Å²) >= 11 is 1.27. The maximum Gasteiger partial charge on any atom is 0.338 e. The number of fused-ring (bicyclic) bond motifs is 1. The molecule has 37 heavy (non-hydrogen) atoms. The molecule has 0 aliphatic carbocycles. The minimum absolute atomic E-state index is 0.194. The number of aromatic nitrogens is 1. The predicted octanol–water partition coefficient (Wildman–Crippen LogP) is 3.52. The van der Waals surface area contributed by atoms with E-state index in [1.165, 1.54) is 11.3 Å². The van der Waals surface area contributed by atoms with Gasteiger partial charge in [0, 0.05) is 5.56 Å². The number of para-hydroxylation sites is 1. The quantitative estimate of drug-likeness (QED) is 0.421. The number of rotatable bonds is 8. The number of ether oxygens (including phenoxy) is 4. The van der Waals surface area contributed by atoms with Gasteiger partial charge < -0.3 is 18.9 Å². The van der Waals surface area contributed by atoms with Crippen molar-refractivity contribution in [2.24, 2.45) is 4.99 Å². The highest BCUT2D eigenvalue weighted by atomic mass is 32.1. The van der Waals surface area contributed by atoms with E-state index in [-0.39, 0.29) is 17.7 Å². The van der Waals surface area contributed by atoms with Crippen LogP contribution in [0.25, 0.3) is 6.08 Å². The number of aryl methyl sites for hydroxylation is 1. The van der Waals surface area contributed by atoms with Crippen molar-refractivity contribution in [2.75, 3.05) is 27.4 Å². The third-order valence-electron chi connectivity index (χ3n) is 6.09. The topological polar surface area (TPSA) is 88.4 Å². The van der Waals surface area contributed by atoms with Crippen molar-refractivity contribution in [1.82, 2.24) is 4.57 Å². The Labute approximate surface area is 219 Å². The Hall–Kier alpha value is -3.85. The number of methoxy groups -OCH3 is 2. The summed E-state index contributed by atoms with van der Waals surface area (Å²) in [6.07, 6.45) is 1.84. The molecule has 9 heteroatoms. The van der Waals surface area contributed by atoms with E-state index in [0.29, 0.717) is 38.7 Å². The first-order valence-electron chi connectivity index (χ1n) is 12.0. The number of benzene rings is 2. The van der Waals surface area contributed by atoms with Gasteiger partial charge in [-0.3, -0.25) is 9.36 Å². The third kappa shape index (κ3) is 4.91. The lowest BCUT2D eigenvalue weighted by molar-refractivity contribution is -0.139. The van der Waals surface area contributed by atoms with Gasteiger partial charge in [0.25, 0.3) is 5.56 Å². The second-order valence-corrected chi connectivity index (χ2v) is 9.35. The fourth-order valence-corrected chi connectivity index (χ4v) is 5.41. The molecule has 1 aliphatic heterocycles. The number of nitrogens with zero attached hydrogens (tertiary/aromatic N) is 2. The molecule has 1 aliphatic rings. The van der Waals surface area contributed by atoms with Gasteiger partial charge >= 0.3 is 5.97 Å². The summed E-state index contributed by atoms with van der Waals surface area (Å²) in [6, 6.07) is 10.3. The lowest BCUT2D eigenvalue weighted by Gasteiger charge is -2.26. The van der Waals surface area contributed by atoms with Crippen molar-refractivity contribution < 1.29 is 23.7 Å². The van der Waals surface area contributed by atoms with Crippen LogP contribution in [0.5, 0.6) is 17.2 Å². The Kier molecular flexibility index (Phi) is 7.83. The van der Waals surface area contributed by atoms with E-state index in [9.17, 15) is 9.59 Å². The van der Waals surface area contributed by atoms with Gasteiger partial charge in [0.2, 0.25) is 0 Å². The molecule has 2 aromatic carbocycles. The Morgan fingerprint density at radius 1 is 1.11 bits per heavy atom. The van der Waals surface area contributed by atoms with E-state index in [1.54, 1.807) is 38.7 Å². The molecule has 0 saturated heterocycles. The molecule has 8 nitrogen and oxygen atoms in total. The fourth-order valence-electron chi connectivity index (χ4n) is 4.37. The lowest BCUT2D eigenvalue weighted by atomic mass is 9.94. The SMILES string of the molecule is CCOC(=O)C1=C(C)N=c2s/c(=C/c3ccc(OC)cc3C)c(=O)n2C1c1cccc(OC)c1OCC. The molecule has 0 radical (unpaired) electrons. The summed E-state index contributed by atoms with van der Waals surface area (Å²) in [4.78, 5) is 32.2. The van der Waals surface area contributed by atoms with Crippen molar-refractivity contribution >= 4 is 23.4 Å². The fraction of sp³-hybridized carbons (Fsp3) is 0.321. The molecule has 0 amide bonds. The largest absolute Gasteiger partial charge is 0.497 e. The van der Waals surface area contributed by atoms with Gasteiger partial charge in [-0.25, -0.2) is 9.79 Å². The minimum Gasteiger partial charge on any atom is -0.497 e. The Morgan fingerprint density at radius 2 is 1.89 bits per heavy atom. The highest BCUT2D eigenvalue weighted by Crippen LogP contribution is 2.40. The molecule has 1 unspecified atom stereocenters. The van der Waals surface area contributed by atoms with Crippen LogP contribution in [0.4, 0.5) is 0 Å². The van der Waals surface area contributed by atoms with Crippen LogP contribution in [-0.4, -0.2) is 38.0 Å². The van der Waals surface area contributed by atoms with Crippen LogP contribution >= 0.6 is 11.3 Å². The van der Waals surface area contributed by atoms with Crippen LogP contribution < -0.4 is 29.1 Å². The van der Waals surface area contributed by atoms with Crippen LogP contribution in [0.15, 0.2) is 57.5 Å².